The molecule has 1 aliphatic heterocycles. The maximum Gasteiger partial charge on any atom is 0.0736 e. The number of nitrogens with zero attached hydrogens (tertiary/aromatic N) is 1. The Balaban J connectivity index is 1.92. The molecule has 1 atom stereocenters. The number of nitrogens with two attached hydrogens (primary N) is 1. The molecule has 1 aromatic rings. The molecule has 3 nitrogen and oxygen atoms in total. The van der Waals surface area contributed by atoms with Crippen molar-refractivity contribution in [1.82, 2.24) is 10.3 Å². The van der Waals surface area contributed by atoms with Crippen LogP contribution in [0.2, 0.25) is 0 Å². The third kappa shape index (κ3) is 2.01. The van der Waals surface area contributed by atoms with Crippen LogP contribution >= 0.6 is 11.3 Å². The van der Waals surface area contributed by atoms with Gasteiger partial charge >= 0.3 is 0 Å². The minimum absolute atomic E-state index is 0.274. The first kappa shape index (κ1) is 12.6. The number of rotatable bonds is 4. The predicted molar refractivity (Wildman–Crippen MR) is 76.4 cm³/mol. The summed E-state index contributed by atoms with van der Waals surface area (Å²) in [5, 5.41) is 2.16. The predicted octanol–water partition coefficient (Wildman–Crippen LogP) is 2.66. The molecule has 3 N–H and O–H groups in total. The van der Waals surface area contributed by atoms with Crippen molar-refractivity contribution in [2.24, 2.45) is 5.84 Å². The Morgan fingerprint density at radius 2 is 1.94 bits per heavy atom. The summed E-state index contributed by atoms with van der Waals surface area (Å²) in [7, 11) is 0. The Bertz CT molecular complexity index is 364. The van der Waals surface area contributed by atoms with Gasteiger partial charge in [0, 0.05) is 10.4 Å². The summed E-state index contributed by atoms with van der Waals surface area (Å²) in [6, 6.07) is 4.67. The molecule has 1 unspecified atom stereocenters. The first-order valence-electron chi connectivity index (χ1n) is 7.11. The summed E-state index contributed by atoms with van der Waals surface area (Å²) in [5.41, 5.74) is 3.41. The Hall–Kier alpha value is -0.420. The molecule has 0 bridgehead atoms. The molecule has 1 aromatic heterocycles. The van der Waals surface area contributed by atoms with Crippen molar-refractivity contribution in [3.8, 4) is 0 Å². The van der Waals surface area contributed by atoms with Gasteiger partial charge in [0.2, 0.25) is 0 Å². The van der Waals surface area contributed by atoms with E-state index in [1.807, 2.05) is 11.3 Å². The van der Waals surface area contributed by atoms with Gasteiger partial charge in [0.15, 0.2) is 0 Å². The van der Waals surface area contributed by atoms with E-state index >= 15 is 0 Å². The maximum atomic E-state index is 5.93. The van der Waals surface area contributed by atoms with Gasteiger partial charge in [-0.2, -0.15) is 0 Å². The molecule has 3 rings (SSSR count). The monoisotopic (exact) mass is 265 g/mol. The second-order valence-electron chi connectivity index (χ2n) is 5.62. The third-order valence-corrected chi connectivity index (χ3v) is 5.67. The topological polar surface area (TPSA) is 41.3 Å². The molecule has 100 valence electrons. The van der Waals surface area contributed by atoms with Crippen LogP contribution in [0.4, 0.5) is 0 Å². The number of thiophene rings is 1. The fraction of sp³-hybridized carbons (Fsp3) is 0.714. The van der Waals surface area contributed by atoms with Gasteiger partial charge in [0.1, 0.15) is 0 Å². The standard InChI is InChI=1S/C14H23N3S/c15-16-13(12-6-5-11-18-12)14(7-1-2-8-14)17-9-3-4-10-17/h5-6,11,13,16H,1-4,7-10,15H2. The normalized spacial score (nSPS) is 25.6. The van der Waals surface area contributed by atoms with Crippen LogP contribution in [-0.4, -0.2) is 23.5 Å². The van der Waals surface area contributed by atoms with Crippen LogP contribution < -0.4 is 11.3 Å². The summed E-state index contributed by atoms with van der Waals surface area (Å²) < 4.78 is 0. The van der Waals surface area contributed by atoms with E-state index in [1.165, 1.54) is 56.5 Å². The van der Waals surface area contributed by atoms with E-state index in [9.17, 15) is 0 Å². The fourth-order valence-electron chi connectivity index (χ4n) is 3.89. The molecule has 2 fully saturated rings. The van der Waals surface area contributed by atoms with Crippen molar-refractivity contribution >= 4 is 11.3 Å². The van der Waals surface area contributed by atoms with Gasteiger partial charge in [-0.3, -0.25) is 16.2 Å². The van der Waals surface area contributed by atoms with E-state index in [0.29, 0.717) is 6.04 Å². The van der Waals surface area contributed by atoms with Crippen molar-refractivity contribution < 1.29 is 0 Å². The van der Waals surface area contributed by atoms with Crippen LogP contribution in [0.25, 0.3) is 0 Å². The molecule has 4 heteroatoms. The minimum Gasteiger partial charge on any atom is -0.296 e. The lowest BCUT2D eigenvalue weighted by atomic mass is 9.85. The molecule has 0 radical (unpaired) electrons. The maximum absolute atomic E-state index is 5.93. The molecule has 0 amide bonds. The number of hydrogen-bond acceptors (Lipinski definition) is 4. The molecular weight excluding hydrogens is 242 g/mol. The molecule has 18 heavy (non-hydrogen) atoms. The second kappa shape index (κ2) is 5.29. The van der Waals surface area contributed by atoms with Gasteiger partial charge in [-0.05, 0) is 50.2 Å². The number of likely N-dealkylation sites (tertiary alicyclic amines) is 1. The molecule has 1 saturated heterocycles. The first-order valence-corrected chi connectivity index (χ1v) is 7.99. The van der Waals surface area contributed by atoms with E-state index in [2.05, 4.69) is 27.8 Å². The fourth-order valence-corrected chi connectivity index (χ4v) is 4.79. The van der Waals surface area contributed by atoms with E-state index in [0.717, 1.165) is 0 Å². The summed E-state index contributed by atoms with van der Waals surface area (Å²) in [6.45, 7) is 2.51. The Kier molecular flexibility index (Phi) is 3.71. The van der Waals surface area contributed by atoms with E-state index < -0.39 is 0 Å². The van der Waals surface area contributed by atoms with E-state index in [1.54, 1.807) is 0 Å². The lowest BCUT2D eigenvalue weighted by Crippen LogP contribution is -2.55. The van der Waals surface area contributed by atoms with Crippen LogP contribution in [0.15, 0.2) is 17.5 Å². The number of hydrazine groups is 1. The van der Waals surface area contributed by atoms with Crippen LogP contribution in [0.5, 0.6) is 0 Å². The molecular formula is C14H23N3S. The quantitative estimate of drug-likeness (QED) is 0.649. The van der Waals surface area contributed by atoms with Gasteiger partial charge in [0.25, 0.3) is 0 Å². The van der Waals surface area contributed by atoms with Crippen molar-refractivity contribution in [3.05, 3.63) is 22.4 Å². The molecule has 1 saturated carbocycles. The summed E-state index contributed by atoms with van der Waals surface area (Å²) in [6.07, 6.45) is 7.98. The Morgan fingerprint density at radius 1 is 1.22 bits per heavy atom. The lowest BCUT2D eigenvalue weighted by molar-refractivity contribution is 0.0778. The Labute approximate surface area is 113 Å². The summed E-state index contributed by atoms with van der Waals surface area (Å²) in [5.74, 6) is 5.93. The van der Waals surface area contributed by atoms with Crippen molar-refractivity contribution in [2.75, 3.05) is 13.1 Å². The zero-order valence-electron chi connectivity index (χ0n) is 10.9. The average Bonchev–Trinajstić information content (AvgIpc) is 3.14. The van der Waals surface area contributed by atoms with Gasteiger partial charge in [-0.25, -0.2) is 0 Å². The zero-order chi connectivity index (χ0) is 12.4. The highest BCUT2D eigenvalue weighted by Crippen LogP contribution is 2.46. The van der Waals surface area contributed by atoms with Gasteiger partial charge < -0.3 is 0 Å². The summed E-state index contributed by atoms with van der Waals surface area (Å²) in [4.78, 5) is 4.11. The smallest absolute Gasteiger partial charge is 0.0736 e. The number of nitrogens with one attached hydrogen (secondary N) is 1. The molecule has 0 spiro atoms. The Morgan fingerprint density at radius 3 is 2.50 bits per heavy atom. The van der Waals surface area contributed by atoms with E-state index in [-0.39, 0.29) is 5.54 Å². The molecule has 0 aromatic carbocycles. The largest absolute Gasteiger partial charge is 0.296 e. The zero-order valence-corrected chi connectivity index (χ0v) is 11.7. The highest BCUT2D eigenvalue weighted by Gasteiger charge is 2.47. The van der Waals surface area contributed by atoms with Crippen LogP contribution in [-0.2, 0) is 0 Å². The highest BCUT2D eigenvalue weighted by atomic mass is 32.1. The average molecular weight is 265 g/mol. The second-order valence-corrected chi connectivity index (χ2v) is 6.60. The van der Waals surface area contributed by atoms with Crippen LogP contribution in [0.1, 0.15) is 49.4 Å². The van der Waals surface area contributed by atoms with Gasteiger partial charge in [-0.15, -0.1) is 11.3 Å². The molecule has 1 aliphatic carbocycles. The van der Waals surface area contributed by atoms with Crippen molar-refractivity contribution in [1.29, 1.82) is 0 Å². The van der Waals surface area contributed by atoms with Crippen LogP contribution in [0, 0.1) is 0 Å². The van der Waals surface area contributed by atoms with Gasteiger partial charge in [0.05, 0.1) is 6.04 Å². The minimum atomic E-state index is 0.274. The SMILES string of the molecule is NNC(c1cccs1)C1(N2CCCC2)CCCC1. The molecule has 2 aliphatic rings. The van der Waals surface area contributed by atoms with Crippen molar-refractivity contribution in [2.45, 2.75) is 50.1 Å². The number of hydrogen-bond donors (Lipinski definition) is 2. The van der Waals surface area contributed by atoms with Crippen molar-refractivity contribution in [3.63, 3.8) is 0 Å². The first-order chi connectivity index (χ1) is 8.87. The van der Waals surface area contributed by atoms with Gasteiger partial charge in [-0.1, -0.05) is 18.9 Å². The van der Waals surface area contributed by atoms with Crippen LogP contribution in [0.3, 0.4) is 0 Å². The lowest BCUT2D eigenvalue weighted by Gasteiger charge is -2.44. The van der Waals surface area contributed by atoms with E-state index in [4.69, 9.17) is 5.84 Å². The summed E-state index contributed by atoms with van der Waals surface area (Å²) >= 11 is 1.83. The molecule has 2 heterocycles. The third-order valence-electron chi connectivity index (χ3n) is 4.74. The highest BCUT2D eigenvalue weighted by molar-refractivity contribution is 7.10.